The Labute approximate surface area is 140 Å². The summed E-state index contributed by atoms with van der Waals surface area (Å²) in [5.74, 6) is -27.8. The summed E-state index contributed by atoms with van der Waals surface area (Å²) in [6, 6.07) is 0. The number of rotatable bonds is 10. The van der Waals surface area contributed by atoms with Crippen LogP contribution in [0.1, 0.15) is 26.2 Å². The molecule has 0 aromatic rings. The SMILES string of the molecule is CCCO[SiH2]C(F)(F)C(F)(F)C(F)(F)C(F)(F)C(F)(F)CCC(F)(F)F. The normalized spacial score (nSPS) is 15.9. The highest BCUT2D eigenvalue weighted by molar-refractivity contribution is 6.31. The maximum absolute atomic E-state index is 13.3. The zero-order valence-corrected chi connectivity index (χ0v) is 14.3. The van der Waals surface area contributed by atoms with Gasteiger partial charge >= 0.3 is 35.4 Å². The van der Waals surface area contributed by atoms with Gasteiger partial charge in [-0.2, -0.15) is 48.3 Å². The summed E-state index contributed by atoms with van der Waals surface area (Å²) >= 11 is 0. The van der Waals surface area contributed by atoms with Crippen LogP contribution in [0.25, 0.3) is 0 Å². The highest BCUT2D eigenvalue weighted by atomic mass is 28.2. The van der Waals surface area contributed by atoms with Crippen LogP contribution in [-0.4, -0.2) is 51.8 Å². The topological polar surface area (TPSA) is 9.23 Å². The highest BCUT2D eigenvalue weighted by Crippen LogP contribution is 2.57. The smallest absolute Gasteiger partial charge is 0.389 e. The van der Waals surface area contributed by atoms with Crippen molar-refractivity contribution in [1.82, 2.24) is 0 Å². The largest absolute Gasteiger partial charge is 0.417 e. The average Bonchev–Trinajstić information content (AvgIpc) is 2.44. The van der Waals surface area contributed by atoms with Crippen molar-refractivity contribution >= 4 is 9.76 Å². The first-order valence-corrected chi connectivity index (χ1v) is 8.09. The lowest BCUT2D eigenvalue weighted by molar-refractivity contribution is -0.392. The molecule has 0 N–H and O–H groups in total. The minimum Gasteiger partial charge on any atom is -0.417 e. The Morgan fingerprint density at radius 3 is 1.50 bits per heavy atom. The molecule has 0 aliphatic heterocycles. The summed E-state index contributed by atoms with van der Waals surface area (Å²) in [7, 11) is -3.91. The van der Waals surface area contributed by atoms with Gasteiger partial charge in [0.15, 0.2) is 0 Å². The van der Waals surface area contributed by atoms with Crippen LogP contribution in [0.5, 0.6) is 0 Å². The lowest BCUT2D eigenvalue weighted by Crippen LogP contribution is -2.68. The van der Waals surface area contributed by atoms with E-state index >= 15 is 0 Å². The monoisotopic (exact) mass is 436 g/mol. The van der Waals surface area contributed by atoms with Gasteiger partial charge in [-0.15, -0.1) is 0 Å². The Morgan fingerprint density at radius 2 is 1.12 bits per heavy atom. The van der Waals surface area contributed by atoms with E-state index in [1.54, 1.807) is 0 Å². The van der Waals surface area contributed by atoms with Crippen LogP contribution in [0, 0.1) is 0 Å². The van der Waals surface area contributed by atoms with Gasteiger partial charge in [0.05, 0.1) is 0 Å². The molecule has 0 fully saturated rings. The second kappa shape index (κ2) is 7.71. The van der Waals surface area contributed by atoms with E-state index in [2.05, 4.69) is 4.43 Å². The van der Waals surface area contributed by atoms with E-state index in [-0.39, 0.29) is 6.42 Å². The molecule has 0 bridgehead atoms. The first kappa shape index (κ1) is 25.3. The molecule has 1 nitrogen and oxygen atoms in total. The standard InChI is InChI=1S/C11H13F13OSi/c1-2-5-25-26-11(23,24)10(21,22)9(19,20)8(17,18)6(12,13)3-4-7(14,15)16/h2-5,26H2,1H3. The van der Waals surface area contributed by atoms with Gasteiger partial charge in [-0.3, -0.25) is 0 Å². The Morgan fingerprint density at radius 1 is 0.654 bits per heavy atom. The lowest BCUT2D eigenvalue weighted by atomic mass is 9.95. The van der Waals surface area contributed by atoms with Gasteiger partial charge in [0, 0.05) is 19.4 Å². The van der Waals surface area contributed by atoms with Crippen molar-refractivity contribution in [3.8, 4) is 0 Å². The number of hydrogen-bond acceptors (Lipinski definition) is 1. The number of halogens is 13. The number of alkyl halides is 13. The molecule has 0 aliphatic carbocycles. The second-order valence-electron chi connectivity index (χ2n) is 5.30. The third-order valence-electron chi connectivity index (χ3n) is 3.06. The molecule has 0 atom stereocenters. The molecule has 0 saturated carbocycles. The van der Waals surface area contributed by atoms with Gasteiger partial charge in [-0.25, -0.2) is 8.78 Å². The third kappa shape index (κ3) is 4.95. The van der Waals surface area contributed by atoms with E-state index in [1.165, 1.54) is 6.92 Å². The van der Waals surface area contributed by atoms with E-state index in [0.717, 1.165) is 0 Å². The Hall–Kier alpha value is -0.733. The van der Waals surface area contributed by atoms with Crippen LogP contribution < -0.4 is 0 Å². The number of hydrogen-bond donors (Lipinski definition) is 0. The van der Waals surface area contributed by atoms with Crippen molar-refractivity contribution in [2.75, 3.05) is 6.61 Å². The van der Waals surface area contributed by atoms with Crippen LogP contribution in [0.15, 0.2) is 0 Å². The minimum atomic E-state index is -7.35. The van der Waals surface area contributed by atoms with Crippen LogP contribution in [0.3, 0.4) is 0 Å². The van der Waals surface area contributed by atoms with Gasteiger partial charge in [0.1, 0.15) is 0 Å². The van der Waals surface area contributed by atoms with Crippen molar-refractivity contribution in [2.24, 2.45) is 0 Å². The van der Waals surface area contributed by atoms with E-state index in [4.69, 9.17) is 0 Å². The van der Waals surface area contributed by atoms with Crippen molar-refractivity contribution in [1.29, 1.82) is 0 Å². The third-order valence-corrected chi connectivity index (χ3v) is 4.36. The van der Waals surface area contributed by atoms with E-state index in [1.807, 2.05) is 0 Å². The molecule has 0 spiro atoms. The summed E-state index contributed by atoms with van der Waals surface area (Å²) in [6.07, 6.45) is -11.2. The van der Waals surface area contributed by atoms with Gasteiger partial charge in [0.2, 0.25) is 9.76 Å². The second-order valence-corrected chi connectivity index (χ2v) is 6.88. The van der Waals surface area contributed by atoms with Gasteiger partial charge < -0.3 is 4.43 Å². The highest BCUT2D eigenvalue weighted by Gasteiger charge is 2.85. The van der Waals surface area contributed by atoms with Gasteiger partial charge in [-0.1, -0.05) is 6.92 Å². The lowest BCUT2D eigenvalue weighted by Gasteiger charge is -2.39. The van der Waals surface area contributed by atoms with Crippen molar-refractivity contribution in [2.45, 2.75) is 61.6 Å². The molecule has 0 aromatic heterocycles. The van der Waals surface area contributed by atoms with Crippen LogP contribution in [0.4, 0.5) is 57.1 Å². The fourth-order valence-electron chi connectivity index (χ4n) is 1.55. The fraction of sp³-hybridized carbons (Fsp3) is 1.00. The Bertz CT molecular complexity index is 459. The minimum absolute atomic E-state index is 0.0171. The molecule has 0 aliphatic rings. The molecule has 0 aromatic carbocycles. The molecule has 26 heavy (non-hydrogen) atoms. The summed E-state index contributed by atoms with van der Waals surface area (Å²) in [4.78, 5) is 0. The van der Waals surface area contributed by atoms with Crippen LogP contribution in [0.2, 0.25) is 0 Å². The maximum atomic E-state index is 13.3. The van der Waals surface area contributed by atoms with Crippen LogP contribution >= 0.6 is 0 Å². The summed E-state index contributed by atoms with van der Waals surface area (Å²) in [6.45, 7) is 0.718. The molecular weight excluding hydrogens is 423 g/mol. The molecular formula is C11H13F13OSi. The molecule has 0 heterocycles. The van der Waals surface area contributed by atoms with E-state index in [9.17, 15) is 57.1 Å². The molecule has 0 saturated heterocycles. The van der Waals surface area contributed by atoms with Crippen LogP contribution in [-0.2, 0) is 4.43 Å². The fourth-order valence-corrected chi connectivity index (χ4v) is 2.64. The summed E-state index contributed by atoms with van der Waals surface area (Å²) < 4.78 is 172. The molecule has 0 rings (SSSR count). The first-order chi connectivity index (χ1) is 11.3. The average molecular weight is 436 g/mol. The Kier molecular flexibility index (Phi) is 7.50. The molecule has 158 valence electrons. The van der Waals surface area contributed by atoms with Gasteiger partial charge in [-0.05, 0) is 6.42 Å². The molecule has 15 heteroatoms. The molecule has 0 amide bonds. The zero-order valence-electron chi connectivity index (χ0n) is 12.9. The quantitative estimate of drug-likeness (QED) is 0.267. The zero-order chi connectivity index (χ0) is 21.2. The van der Waals surface area contributed by atoms with E-state index in [0.29, 0.717) is 0 Å². The summed E-state index contributed by atoms with van der Waals surface area (Å²) in [5, 5.41) is 0. The van der Waals surface area contributed by atoms with Gasteiger partial charge in [0.25, 0.3) is 0 Å². The van der Waals surface area contributed by atoms with Crippen molar-refractivity contribution in [3.05, 3.63) is 0 Å². The maximum Gasteiger partial charge on any atom is 0.389 e. The van der Waals surface area contributed by atoms with E-state index < -0.39 is 64.6 Å². The molecule has 0 radical (unpaired) electrons. The first-order valence-electron chi connectivity index (χ1n) is 6.80. The Balaban J connectivity index is 5.71. The van der Waals surface area contributed by atoms with Crippen molar-refractivity contribution < 1.29 is 61.5 Å². The molecule has 0 unspecified atom stereocenters. The summed E-state index contributed by atoms with van der Waals surface area (Å²) in [5.41, 5.74) is -5.87. The predicted molar refractivity (Wildman–Crippen MR) is 64.8 cm³/mol. The van der Waals surface area contributed by atoms with Crippen molar-refractivity contribution in [3.63, 3.8) is 0 Å². The predicted octanol–water partition coefficient (Wildman–Crippen LogP) is 4.97.